The fraction of sp³-hybridized carbons (Fsp3) is 0.486. The summed E-state index contributed by atoms with van der Waals surface area (Å²) in [4.78, 5) is 60.8. The van der Waals surface area contributed by atoms with Gasteiger partial charge in [0.2, 0.25) is 11.8 Å². The Bertz CT molecular complexity index is 1540. The van der Waals surface area contributed by atoms with Gasteiger partial charge in [-0.1, -0.05) is 55.4 Å². The molecule has 2 aliphatic heterocycles. The molecule has 0 spiro atoms. The Kier molecular flexibility index (Phi) is 11.7. The molecule has 4 atom stereocenters. The first-order valence-electron chi connectivity index (χ1n) is 16.4. The van der Waals surface area contributed by atoms with Crippen LogP contribution in [-0.2, 0) is 43.2 Å². The summed E-state index contributed by atoms with van der Waals surface area (Å²) in [5.74, 6) is -1.24. The second-order valence-corrected chi connectivity index (χ2v) is 13.0. The maximum atomic E-state index is 14.0. The molecule has 0 bridgehead atoms. The van der Waals surface area contributed by atoms with Crippen LogP contribution in [0.1, 0.15) is 54.6 Å². The van der Waals surface area contributed by atoms with Crippen LogP contribution in [0.25, 0.3) is 0 Å². The second-order valence-electron chi connectivity index (χ2n) is 13.0. The first-order chi connectivity index (χ1) is 23.1. The molecular formula is C35H44N6O7. The monoisotopic (exact) mass is 660 g/mol. The third-order valence-electron chi connectivity index (χ3n) is 8.41. The molecule has 3 amide bonds. The number of carbonyl (C=O) groups is 4. The van der Waals surface area contributed by atoms with Crippen LogP contribution in [0.4, 0.5) is 0 Å². The standard InChI is InChI=1S/C35H44N6O7/c1-23(2)16-27(31(42)35(3)22-47-35)37-32(43)28(17-24-8-5-4-6-9-24)38-33(44)29(18-25-10-7-11-36-20-25)39-34(45)30-19-26(48-40-30)21-41-12-14-46-15-13-41/h4-11,19-20,23,27-29H,12-18,21-22H2,1-3H3,(H,37,43)(H,38,44)(H,39,45)/t27-,28-,29-,35+/m0/s1. The van der Waals surface area contributed by atoms with Gasteiger partial charge in [0.15, 0.2) is 17.2 Å². The van der Waals surface area contributed by atoms with Gasteiger partial charge in [-0.25, -0.2) is 0 Å². The van der Waals surface area contributed by atoms with Crippen molar-refractivity contribution in [1.82, 2.24) is 31.0 Å². The van der Waals surface area contributed by atoms with E-state index in [4.69, 9.17) is 14.0 Å². The highest BCUT2D eigenvalue weighted by molar-refractivity contribution is 5.99. The van der Waals surface area contributed by atoms with Gasteiger partial charge >= 0.3 is 0 Å². The number of benzene rings is 1. The zero-order valence-corrected chi connectivity index (χ0v) is 27.6. The molecule has 0 unspecified atom stereocenters. The number of ether oxygens (including phenoxy) is 2. The summed E-state index contributed by atoms with van der Waals surface area (Å²) in [5.41, 5.74) is 0.625. The minimum absolute atomic E-state index is 0.0339. The molecule has 2 aromatic heterocycles. The summed E-state index contributed by atoms with van der Waals surface area (Å²) >= 11 is 0. The van der Waals surface area contributed by atoms with Crippen LogP contribution >= 0.6 is 0 Å². The summed E-state index contributed by atoms with van der Waals surface area (Å²) in [6.07, 6.45) is 3.91. The van der Waals surface area contributed by atoms with Crippen molar-refractivity contribution in [1.29, 1.82) is 0 Å². The number of rotatable bonds is 16. The molecule has 4 heterocycles. The number of hydrogen-bond acceptors (Lipinski definition) is 10. The number of amides is 3. The Morgan fingerprint density at radius 1 is 0.896 bits per heavy atom. The number of hydrogen-bond donors (Lipinski definition) is 3. The lowest BCUT2D eigenvalue weighted by molar-refractivity contribution is -0.133. The smallest absolute Gasteiger partial charge is 0.274 e. The number of nitrogens with one attached hydrogen (secondary N) is 3. The molecule has 13 heteroatoms. The summed E-state index contributed by atoms with van der Waals surface area (Å²) in [5, 5.41) is 12.5. The van der Waals surface area contributed by atoms with Crippen LogP contribution in [-0.4, -0.2) is 95.2 Å². The van der Waals surface area contributed by atoms with E-state index in [1.165, 1.54) is 0 Å². The minimum Gasteiger partial charge on any atom is -0.379 e. The number of carbonyl (C=O) groups excluding carboxylic acids is 4. The molecule has 3 N–H and O–H groups in total. The zero-order chi connectivity index (χ0) is 34.1. The highest BCUT2D eigenvalue weighted by Crippen LogP contribution is 2.29. The molecule has 0 aliphatic carbocycles. The topological polar surface area (TPSA) is 168 Å². The van der Waals surface area contributed by atoms with Crippen molar-refractivity contribution in [2.75, 3.05) is 32.9 Å². The maximum absolute atomic E-state index is 14.0. The van der Waals surface area contributed by atoms with Gasteiger partial charge in [0.05, 0.1) is 32.4 Å². The zero-order valence-electron chi connectivity index (χ0n) is 27.6. The van der Waals surface area contributed by atoms with Gasteiger partial charge in [0.25, 0.3) is 5.91 Å². The van der Waals surface area contributed by atoms with E-state index in [-0.39, 0.29) is 30.2 Å². The Morgan fingerprint density at radius 3 is 2.19 bits per heavy atom. The predicted molar refractivity (Wildman–Crippen MR) is 175 cm³/mol. The van der Waals surface area contributed by atoms with E-state index in [0.717, 1.165) is 18.7 Å². The van der Waals surface area contributed by atoms with Crippen molar-refractivity contribution in [3.8, 4) is 0 Å². The molecule has 48 heavy (non-hydrogen) atoms. The number of ketones is 1. The largest absolute Gasteiger partial charge is 0.379 e. The first-order valence-corrected chi connectivity index (χ1v) is 16.4. The van der Waals surface area contributed by atoms with E-state index < -0.39 is 41.4 Å². The van der Waals surface area contributed by atoms with Crippen LogP contribution < -0.4 is 16.0 Å². The summed E-state index contributed by atoms with van der Waals surface area (Å²) in [6, 6.07) is 11.5. The van der Waals surface area contributed by atoms with E-state index in [9.17, 15) is 19.2 Å². The van der Waals surface area contributed by atoms with Crippen molar-refractivity contribution < 1.29 is 33.2 Å². The normalized spacial score (nSPS) is 19.6. The molecule has 256 valence electrons. The summed E-state index contributed by atoms with van der Waals surface area (Å²) < 4.78 is 16.2. The van der Waals surface area contributed by atoms with Gasteiger partial charge in [0, 0.05) is 44.4 Å². The van der Waals surface area contributed by atoms with E-state index in [1.807, 2.05) is 44.2 Å². The molecule has 0 radical (unpaired) electrons. The van der Waals surface area contributed by atoms with Gasteiger partial charge in [-0.15, -0.1) is 0 Å². The summed E-state index contributed by atoms with van der Waals surface area (Å²) in [6.45, 7) is 9.16. The van der Waals surface area contributed by atoms with Crippen molar-refractivity contribution in [3.05, 3.63) is 83.5 Å². The van der Waals surface area contributed by atoms with Crippen molar-refractivity contribution in [2.24, 2.45) is 5.92 Å². The van der Waals surface area contributed by atoms with Crippen LogP contribution in [0.2, 0.25) is 0 Å². The van der Waals surface area contributed by atoms with Crippen LogP contribution in [0.15, 0.2) is 65.4 Å². The van der Waals surface area contributed by atoms with E-state index in [0.29, 0.717) is 44.1 Å². The SMILES string of the molecule is CC(C)C[C@H](NC(=O)[C@H](Cc1ccccc1)NC(=O)[C@H](Cc1cccnc1)NC(=O)c1cc(CN2CCOCC2)on1)C(=O)[C@@]1(C)CO1. The van der Waals surface area contributed by atoms with Gasteiger partial charge in [-0.3, -0.25) is 29.1 Å². The first kappa shape index (κ1) is 34.9. The van der Waals surface area contributed by atoms with Crippen LogP contribution in [0, 0.1) is 5.92 Å². The lowest BCUT2D eigenvalue weighted by Crippen LogP contribution is -2.57. The highest BCUT2D eigenvalue weighted by Gasteiger charge is 2.50. The molecule has 2 fully saturated rings. The Morgan fingerprint density at radius 2 is 1.54 bits per heavy atom. The van der Waals surface area contributed by atoms with E-state index in [1.54, 1.807) is 37.5 Å². The number of pyridine rings is 1. The average molecular weight is 661 g/mol. The van der Waals surface area contributed by atoms with Gasteiger partial charge < -0.3 is 29.9 Å². The third-order valence-corrected chi connectivity index (χ3v) is 8.41. The van der Waals surface area contributed by atoms with Gasteiger partial charge in [-0.2, -0.15) is 0 Å². The number of aromatic nitrogens is 2. The molecule has 5 rings (SSSR count). The molecule has 3 aromatic rings. The lowest BCUT2D eigenvalue weighted by atomic mass is 9.93. The molecule has 0 saturated carbocycles. The lowest BCUT2D eigenvalue weighted by Gasteiger charge is -2.26. The fourth-order valence-electron chi connectivity index (χ4n) is 5.60. The quantitative estimate of drug-likeness (QED) is 0.193. The van der Waals surface area contributed by atoms with Crippen LogP contribution in [0.5, 0.6) is 0 Å². The molecule has 2 aliphatic rings. The number of epoxide rings is 1. The van der Waals surface area contributed by atoms with Gasteiger partial charge in [-0.05, 0) is 36.5 Å². The van der Waals surface area contributed by atoms with Crippen molar-refractivity contribution in [2.45, 2.75) is 70.3 Å². The Balaban J connectivity index is 1.33. The summed E-state index contributed by atoms with van der Waals surface area (Å²) in [7, 11) is 0. The second kappa shape index (κ2) is 16.1. The third kappa shape index (κ3) is 9.78. The predicted octanol–water partition coefficient (Wildman–Crippen LogP) is 1.86. The Hall–Kier alpha value is -4.46. The minimum atomic E-state index is -1.08. The average Bonchev–Trinajstić information content (AvgIpc) is 3.66. The van der Waals surface area contributed by atoms with Gasteiger partial charge in [0.1, 0.15) is 17.7 Å². The van der Waals surface area contributed by atoms with Crippen molar-refractivity contribution >= 4 is 23.5 Å². The fourth-order valence-corrected chi connectivity index (χ4v) is 5.60. The Labute approximate surface area is 280 Å². The highest BCUT2D eigenvalue weighted by atomic mass is 16.6. The number of morpholine rings is 1. The van der Waals surface area contributed by atoms with E-state index >= 15 is 0 Å². The molecule has 13 nitrogen and oxygen atoms in total. The van der Waals surface area contributed by atoms with E-state index in [2.05, 4.69) is 31.0 Å². The number of Topliss-reactive ketones (excluding diaryl/α,β-unsaturated/α-hetero) is 1. The molecule has 1 aromatic carbocycles. The van der Waals surface area contributed by atoms with Crippen LogP contribution in [0.3, 0.4) is 0 Å². The van der Waals surface area contributed by atoms with Crippen molar-refractivity contribution in [3.63, 3.8) is 0 Å². The number of nitrogens with zero attached hydrogens (tertiary/aromatic N) is 3. The molecule has 2 saturated heterocycles. The maximum Gasteiger partial charge on any atom is 0.274 e. The molecular weight excluding hydrogens is 616 g/mol.